The van der Waals surface area contributed by atoms with E-state index < -0.39 is 33.0 Å². The Morgan fingerprint density at radius 3 is 1.54 bits per heavy atom. The zero-order valence-corrected chi connectivity index (χ0v) is 39.8. The Balaban J connectivity index is 0.000000472. The maximum absolute atomic E-state index is 11.6. The molecule has 4 aromatic rings. The first-order valence-corrected chi connectivity index (χ1v) is 22.8. The molecule has 0 bridgehead atoms. The summed E-state index contributed by atoms with van der Waals surface area (Å²) in [4.78, 5) is 51.7. The molecule has 356 valence electrons. The molecule has 19 heteroatoms. The SMILES string of the molecule is C.CC(CCOS(C)(=O)=O)CNC(=O)OC(C)(C)C.CC(CCn1cnc2cccnc21)CNC(=O)OC(C)(C)C.CC(CCn1cnc2ncccc21)CNC(=O)OC(C)(C)C. The predicted octanol–water partition coefficient (Wildman–Crippen LogP) is 8.11. The Labute approximate surface area is 375 Å². The molecule has 18 nitrogen and oxygen atoms in total. The lowest BCUT2D eigenvalue weighted by atomic mass is 10.1. The number of carbonyl (C=O) groups excluding carboxylic acids is 3. The molecule has 3 N–H and O–H groups in total. The van der Waals surface area contributed by atoms with Crippen molar-refractivity contribution < 1.29 is 41.2 Å². The molecule has 0 saturated carbocycles. The van der Waals surface area contributed by atoms with Crippen LogP contribution in [0.5, 0.6) is 0 Å². The topological polar surface area (TPSA) is 220 Å². The molecule has 63 heavy (non-hydrogen) atoms. The van der Waals surface area contributed by atoms with Gasteiger partial charge in [-0.15, -0.1) is 0 Å². The lowest BCUT2D eigenvalue weighted by Crippen LogP contribution is -2.35. The molecule has 0 aromatic carbocycles. The number of carbonyl (C=O) groups is 3. The summed E-state index contributed by atoms with van der Waals surface area (Å²) in [5.74, 6) is 0.801. The van der Waals surface area contributed by atoms with Crippen molar-refractivity contribution in [2.75, 3.05) is 32.5 Å². The van der Waals surface area contributed by atoms with Crippen molar-refractivity contribution in [3.05, 3.63) is 49.3 Å². The third-order valence-electron chi connectivity index (χ3n) is 8.38. The second kappa shape index (κ2) is 25.9. The van der Waals surface area contributed by atoms with Gasteiger partial charge in [-0.3, -0.25) is 4.18 Å². The van der Waals surface area contributed by atoms with Crippen LogP contribution in [0, 0.1) is 17.8 Å². The van der Waals surface area contributed by atoms with Gasteiger partial charge in [0.25, 0.3) is 10.1 Å². The van der Waals surface area contributed by atoms with E-state index in [2.05, 4.69) is 58.5 Å². The number of nitrogens with zero attached hydrogens (tertiary/aromatic N) is 6. The smallest absolute Gasteiger partial charge is 0.407 e. The number of amides is 3. The number of ether oxygens (including phenoxy) is 3. The number of pyridine rings is 2. The Morgan fingerprint density at radius 2 is 1.06 bits per heavy atom. The minimum atomic E-state index is -3.39. The van der Waals surface area contributed by atoms with Gasteiger partial charge < -0.3 is 39.3 Å². The van der Waals surface area contributed by atoms with Crippen LogP contribution in [0.3, 0.4) is 0 Å². The second-order valence-electron chi connectivity index (χ2n) is 18.4. The van der Waals surface area contributed by atoms with Gasteiger partial charge in [-0.05, 0) is 124 Å². The van der Waals surface area contributed by atoms with Crippen LogP contribution in [-0.2, 0) is 41.6 Å². The number of alkyl carbamates (subject to hydrolysis) is 3. The molecule has 0 spiro atoms. The fourth-order valence-corrected chi connectivity index (χ4v) is 5.68. The van der Waals surface area contributed by atoms with Gasteiger partial charge in [-0.2, -0.15) is 8.42 Å². The van der Waals surface area contributed by atoms with E-state index >= 15 is 0 Å². The summed E-state index contributed by atoms with van der Waals surface area (Å²) < 4.78 is 45.7. The Hall–Kier alpha value is -5.04. The zero-order valence-electron chi connectivity index (χ0n) is 39.0. The molecular weight excluding hydrogens is 831 g/mol. The number of nitrogens with one attached hydrogen (secondary N) is 3. The number of aromatic nitrogens is 6. The first-order chi connectivity index (χ1) is 28.7. The zero-order chi connectivity index (χ0) is 46.7. The summed E-state index contributed by atoms with van der Waals surface area (Å²) in [5, 5.41) is 8.23. The molecule has 0 aliphatic rings. The average Bonchev–Trinajstić information content (AvgIpc) is 3.76. The highest BCUT2D eigenvalue weighted by molar-refractivity contribution is 7.85. The third-order valence-corrected chi connectivity index (χ3v) is 8.98. The number of aryl methyl sites for hydroxylation is 2. The van der Waals surface area contributed by atoms with Gasteiger partial charge >= 0.3 is 18.3 Å². The van der Waals surface area contributed by atoms with Crippen LogP contribution in [0.15, 0.2) is 49.3 Å². The quantitative estimate of drug-likeness (QED) is 0.0715. The van der Waals surface area contributed by atoms with E-state index in [9.17, 15) is 22.8 Å². The van der Waals surface area contributed by atoms with E-state index in [1.165, 1.54) is 0 Å². The summed E-state index contributed by atoms with van der Waals surface area (Å²) in [6.45, 7) is 26.0. The van der Waals surface area contributed by atoms with Gasteiger partial charge in [-0.1, -0.05) is 28.2 Å². The van der Waals surface area contributed by atoms with Crippen molar-refractivity contribution in [2.24, 2.45) is 17.8 Å². The van der Waals surface area contributed by atoms with E-state index in [4.69, 9.17) is 14.2 Å². The predicted molar refractivity (Wildman–Crippen MR) is 247 cm³/mol. The van der Waals surface area contributed by atoms with Crippen molar-refractivity contribution in [3.63, 3.8) is 0 Å². The van der Waals surface area contributed by atoms with Crippen molar-refractivity contribution in [1.29, 1.82) is 0 Å². The number of rotatable bonds is 16. The maximum atomic E-state index is 11.6. The molecule has 4 rings (SSSR count). The van der Waals surface area contributed by atoms with Gasteiger partial charge in [0, 0.05) is 45.1 Å². The minimum absolute atomic E-state index is 0. The molecule has 0 aliphatic heterocycles. The maximum Gasteiger partial charge on any atom is 0.407 e. The first-order valence-electron chi connectivity index (χ1n) is 21.0. The van der Waals surface area contributed by atoms with E-state index in [0.29, 0.717) is 37.9 Å². The molecule has 0 aliphatic carbocycles. The normalized spacial score (nSPS) is 13.2. The minimum Gasteiger partial charge on any atom is -0.444 e. The van der Waals surface area contributed by atoms with E-state index in [1.807, 2.05) is 90.0 Å². The lowest BCUT2D eigenvalue weighted by Gasteiger charge is -2.21. The van der Waals surface area contributed by atoms with Crippen LogP contribution in [0.1, 0.15) is 110 Å². The fraction of sp³-hybridized carbons (Fsp3) is 0.659. The van der Waals surface area contributed by atoms with Gasteiger partial charge in [-0.25, -0.2) is 34.3 Å². The molecule has 3 atom stereocenters. The Bertz CT molecular complexity index is 1970. The molecule has 4 aromatic heterocycles. The standard InChI is InChI=1S/2C16H24N4O2.C11H23NO5S.CH4/c1-12(10-18-15(21)22-16(2,3)4)7-9-20-11-19-14-13(20)6-5-8-17-14;1-12(10-18-15(21)22-16(2,3)4)7-9-20-11-19-13-6-5-8-17-14(13)20;1-9(6-7-16-18(5,14)15)8-12-10(13)17-11(2,3)4;/h2*5-6,8,11-12H,7,9-10H2,1-4H3,(H,18,21);9H,6-8H2,1-5H3,(H,12,13);1H4. The Morgan fingerprint density at radius 1 is 0.635 bits per heavy atom. The number of hydrogen-bond donors (Lipinski definition) is 3. The van der Waals surface area contributed by atoms with E-state index in [-0.39, 0.29) is 32.1 Å². The van der Waals surface area contributed by atoms with E-state index in [1.54, 1.807) is 33.2 Å². The number of fused-ring (bicyclic) bond motifs is 2. The lowest BCUT2D eigenvalue weighted by molar-refractivity contribution is 0.0507. The van der Waals surface area contributed by atoms with Crippen LogP contribution in [0.2, 0.25) is 0 Å². The average molecular weight is 906 g/mol. The molecule has 4 heterocycles. The van der Waals surface area contributed by atoms with Crippen molar-refractivity contribution >= 4 is 50.7 Å². The first kappa shape index (κ1) is 56.0. The molecule has 3 amide bonds. The van der Waals surface area contributed by atoms with Crippen molar-refractivity contribution in [2.45, 2.75) is 140 Å². The van der Waals surface area contributed by atoms with Crippen LogP contribution in [-0.4, -0.2) is 105 Å². The summed E-state index contributed by atoms with van der Waals surface area (Å²) in [6, 6.07) is 7.76. The largest absolute Gasteiger partial charge is 0.444 e. The molecule has 0 radical (unpaired) electrons. The Kier molecular flexibility index (Phi) is 23.0. The van der Waals surface area contributed by atoms with Gasteiger partial charge in [0.1, 0.15) is 22.3 Å². The third kappa shape index (κ3) is 25.6. The van der Waals surface area contributed by atoms with Crippen LogP contribution >= 0.6 is 0 Å². The van der Waals surface area contributed by atoms with Crippen LogP contribution < -0.4 is 16.0 Å². The summed E-state index contributed by atoms with van der Waals surface area (Å²) >= 11 is 0. The summed E-state index contributed by atoms with van der Waals surface area (Å²) in [6.07, 6.45) is 9.36. The monoisotopic (exact) mass is 906 g/mol. The highest BCUT2D eigenvalue weighted by Crippen LogP contribution is 2.14. The van der Waals surface area contributed by atoms with E-state index in [0.717, 1.165) is 54.5 Å². The van der Waals surface area contributed by atoms with Gasteiger partial charge in [0.2, 0.25) is 0 Å². The van der Waals surface area contributed by atoms with Crippen molar-refractivity contribution in [3.8, 4) is 0 Å². The number of hydrogen-bond acceptors (Lipinski definition) is 13. The molecule has 0 saturated heterocycles. The number of imidazole rings is 2. The fourth-order valence-electron chi connectivity index (χ4n) is 5.28. The molecule has 3 unspecified atom stereocenters. The van der Waals surface area contributed by atoms with Crippen LogP contribution in [0.4, 0.5) is 14.4 Å². The molecule has 0 fully saturated rings. The summed E-state index contributed by atoms with van der Waals surface area (Å²) in [5.41, 5.74) is 2.16. The highest BCUT2D eigenvalue weighted by atomic mass is 32.2. The molecular formula is C44H75N9O9S. The van der Waals surface area contributed by atoms with Crippen molar-refractivity contribution in [1.82, 2.24) is 45.0 Å². The van der Waals surface area contributed by atoms with Gasteiger partial charge in [0.15, 0.2) is 11.3 Å². The van der Waals surface area contributed by atoms with Crippen LogP contribution in [0.25, 0.3) is 22.3 Å². The summed E-state index contributed by atoms with van der Waals surface area (Å²) in [7, 11) is -3.39. The second-order valence-corrected chi connectivity index (χ2v) is 20.1. The highest BCUT2D eigenvalue weighted by Gasteiger charge is 2.19. The van der Waals surface area contributed by atoms with Gasteiger partial charge in [0.05, 0.1) is 31.0 Å².